The first kappa shape index (κ1) is 15.0. The molecule has 0 radical (unpaired) electrons. The molecule has 0 aliphatic rings. The van der Waals surface area contributed by atoms with E-state index in [0.717, 1.165) is 22.1 Å². The van der Waals surface area contributed by atoms with Gasteiger partial charge in [0, 0.05) is 36.0 Å². The van der Waals surface area contributed by atoms with Gasteiger partial charge in [0.1, 0.15) is 5.58 Å². The van der Waals surface area contributed by atoms with Crippen molar-refractivity contribution in [3.63, 3.8) is 0 Å². The van der Waals surface area contributed by atoms with Gasteiger partial charge in [-0.3, -0.25) is 9.78 Å². The standard InChI is InChI=1S/C18H16N2O3/c1-11-7-15-14(9-17(21)23-16(15)8-12(11)2)10-20-18(22)13-3-5-19-6-4-13/h3-9H,10H2,1-2H3,(H,20,22). The first-order chi connectivity index (χ1) is 11.0. The number of carbonyl (C=O) groups excluding carboxylic acids is 1. The maximum Gasteiger partial charge on any atom is 0.336 e. The van der Waals surface area contributed by atoms with Crippen LogP contribution in [-0.2, 0) is 6.54 Å². The van der Waals surface area contributed by atoms with Crippen molar-refractivity contribution >= 4 is 16.9 Å². The van der Waals surface area contributed by atoms with Crippen molar-refractivity contribution in [3.05, 3.63) is 75.4 Å². The van der Waals surface area contributed by atoms with Crippen molar-refractivity contribution in [2.75, 3.05) is 0 Å². The summed E-state index contributed by atoms with van der Waals surface area (Å²) in [6.07, 6.45) is 3.13. The number of pyridine rings is 1. The molecule has 5 nitrogen and oxygen atoms in total. The van der Waals surface area contributed by atoms with Gasteiger partial charge in [0.05, 0.1) is 0 Å². The van der Waals surface area contributed by atoms with Crippen LogP contribution in [0.25, 0.3) is 11.0 Å². The number of benzene rings is 1. The first-order valence-electron chi connectivity index (χ1n) is 7.27. The molecule has 0 fully saturated rings. The molecule has 0 aliphatic heterocycles. The Morgan fingerprint density at radius 3 is 2.57 bits per heavy atom. The van der Waals surface area contributed by atoms with Gasteiger partial charge in [-0.1, -0.05) is 0 Å². The van der Waals surface area contributed by atoms with Crippen LogP contribution in [0.4, 0.5) is 0 Å². The van der Waals surface area contributed by atoms with Gasteiger partial charge in [-0.25, -0.2) is 4.79 Å². The lowest BCUT2D eigenvalue weighted by molar-refractivity contribution is 0.0951. The molecule has 116 valence electrons. The van der Waals surface area contributed by atoms with Crippen LogP contribution in [0.5, 0.6) is 0 Å². The summed E-state index contributed by atoms with van der Waals surface area (Å²) < 4.78 is 5.25. The van der Waals surface area contributed by atoms with Crippen LogP contribution in [-0.4, -0.2) is 10.9 Å². The van der Waals surface area contributed by atoms with Crippen LogP contribution in [0.1, 0.15) is 27.0 Å². The number of amides is 1. The fourth-order valence-electron chi connectivity index (χ4n) is 2.41. The molecule has 1 amide bonds. The second-order valence-electron chi connectivity index (χ2n) is 5.44. The van der Waals surface area contributed by atoms with Crippen molar-refractivity contribution < 1.29 is 9.21 Å². The van der Waals surface area contributed by atoms with Gasteiger partial charge in [0.15, 0.2) is 0 Å². The minimum atomic E-state index is -0.422. The molecular weight excluding hydrogens is 292 g/mol. The highest BCUT2D eigenvalue weighted by Crippen LogP contribution is 2.21. The van der Waals surface area contributed by atoms with E-state index in [-0.39, 0.29) is 12.5 Å². The highest BCUT2D eigenvalue weighted by Gasteiger charge is 2.10. The van der Waals surface area contributed by atoms with Crippen molar-refractivity contribution in [3.8, 4) is 0 Å². The van der Waals surface area contributed by atoms with E-state index in [2.05, 4.69) is 10.3 Å². The molecule has 0 atom stereocenters. The van der Waals surface area contributed by atoms with Crippen molar-refractivity contribution in [2.45, 2.75) is 20.4 Å². The van der Waals surface area contributed by atoms with Crippen LogP contribution in [0.2, 0.25) is 0 Å². The normalized spacial score (nSPS) is 10.7. The third-order valence-corrected chi connectivity index (χ3v) is 3.83. The predicted molar refractivity (Wildman–Crippen MR) is 87.4 cm³/mol. The molecule has 0 saturated heterocycles. The van der Waals surface area contributed by atoms with E-state index in [1.807, 2.05) is 26.0 Å². The molecule has 3 aromatic rings. The summed E-state index contributed by atoms with van der Waals surface area (Å²) in [7, 11) is 0. The van der Waals surface area contributed by atoms with E-state index in [1.54, 1.807) is 24.5 Å². The summed E-state index contributed by atoms with van der Waals surface area (Å²) in [4.78, 5) is 27.7. The monoisotopic (exact) mass is 308 g/mol. The Hall–Kier alpha value is -2.95. The molecule has 1 aromatic carbocycles. The fourth-order valence-corrected chi connectivity index (χ4v) is 2.41. The maximum absolute atomic E-state index is 12.1. The van der Waals surface area contributed by atoms with E-state index in [0.29, 0.717) is 11.1 Å². The Kier molecular flexibility index (Phi) is 3.93. The summed E-state index contributed by atoms with van der Waals surface area (Å²) in [5.74, 6) is -0.211. The van der Waals surface area contributed by atoms with Gasteiger partial charge in [-0.2, -0.15) is 0 Å². The van der Waals surface area contributed by atoms with Gasteiger partial charge in [0.2, 0.25) is 0 Å². The zero-order valence-electron chi connectivity index (χ0n) is 12.9. The predicted octanol–water partition coefficient (Wildman–Crippen LogP) is 2.73. The first-order valence-corrected chi connectivity index (χ1v) is 7.27. The summed E-state index contributed by atoms with van der Waals surface area (Å²) in [6, 6.07) is 8.52. The molecule has 0 aliphatic carbocycles. The molecular formula is C18H16N2O3. The molecule has 3 rings (SSSR count). The summed E-state index contributed by atoms with van der Waals surface area (Å²) >= 11 is 0. The topological polar surface area (TPSA) is 72.2 Å². The Labute approximate surface area is 133 Å². The van der Waals surface area contributed by atoms with E-state index in [4.69, 9.17) is 4.42 Å². The number of carbonyl (C=O) groups is 1. The highest BCUT2D eigenvalue weighted by atomic mass is 16.4. The zero-order valence-corrected chi connectivity index (χ0v) is 12.9. The molecule has 5 heteroatoms. The molecule has 0 spiro atoms. The average molecular weight is 308 g/mol. The number of hydrogen-bond acceptors (Lipinski definition) is 4. The minimum Gasteiger partial charge on any atom is -0.423 e. The Balaban J connectivity index is 1.92. The molecule has 0 bridgehead atoms. The quantitative estimate of drug-likeness (QED) is 0.755. The van der Waals surface area contributed by atoms with E-state index in [1.165, 1.54) is 6.07 Å². The lowest BCUT2D eigenvalue weighted by atomic mass is 10.0. The largest absolute Gasteiger partial charge is 0.423 e. The zero-order chi connectivity index (χ0) is 16.4. The molecule has 1 N–H and O–H groups in total. The number of aryl methyl sites for hydroxylation is 2. The number of nitrogens with one attached hydrogen (secondary N) is 1. The maximum atomic E-state index is 12.1. The van der Waals surface area contributed by atoms with Crippen molar-refractivity contribution in [1.29, 1.82) is 0 Å². The number of hydrogen-bond donors (Lipinski definition) is 1. The van der Waals surface area contributed by atoms with E-state index >= 15 is 0 Å². The Morgan fingerprint density at radius 2 is 1.83 bits per heavy atom. The van der Waals surface area contributed by atoms with Crippen LogP contribution >= 0.6 is 0 Å². The van der Waals surface area contributed by atoms with Crippen LogP contribution in [0.3, 0.4) is 0 Å². The van der Waals surface area contributed by atoms with Gasteiger partial charge in [-0.15, -0.1) is 0 Å². The molecule has 2 aromatic heterocycles. The molecule has 0 saturated carbocycles. The number of aromatic nitrogens is 1. The number of fused-ring (bicyclic) bond motifs is 1. The molecule has 2 heterocycles. The van der Waals surface area contributed by atoms with Gasteiger partial charge in [-0.05, 0) is 54.8 Å². The number of nitrogens with zero attached hydrogens (tertiary/aromatic N) is 1. The van der Waals surface area contributed by atoms with Gasteiger partial charge < -0.3 is 9.73 Å². The van der Waals surface area contributed by atoms with E-state index < -0.39 is 5.63 Å². The Bertz CT molecular complexity index is 930. The third kappa shape index (κ3) is 3.13. The summed E-state index contributed by atoms with van der Waals surface area (Å²) in [6.45, 7) is 4.22. The lowest BCUT2D eigenvalue weighted by Gasteiger charge is -2.09. The summed E-state index contributed by atoms with van der Waals surface area (Å²) in [5.41, 5.74) is 3.54. The molecule has 23 heavy (non-hydrogen) atoms. The van der Waals surface area contributed by atoms with Crippen LogP contribution in [0, 0.1) is 13.8 Å². The fraction of sp³-hybridized carbons (Fsp3) is 0.167. The van der Waals surface area contributed by atoms with Gasteiger partial charge >= 0.3 is 5.63 Å². The highest BCUT2D eigenvalue weighted by molar-refractivity contribution is 5.94. The van der Waals surface area contributed by atoms with Gasteiger partial charge in [0.25, 0.3) is 5.91 Å². The number of rotatable bonds is 3. The third-order valence-electron chi connectivity index (χ3n) is 3.83. The second-order valence-corrected chi connectivity index (χ2v) is 5.44. The Morgan fingerprint density at radius 1 is 1.13 bits per heavy atom. The average Bonchev–Trinajstić information content (AvgIpc) is 2.55. The smallest absolute Gasteiger partial charge is 0.336 e. The summed E-state index contributed by atoms with van der Waals surface area (Å²) in [5, 5.41) is 3.66. The van der Waals surface area contributed by atoms with Crippen LogP contribution in [0.15, 0.2) is 51.9 Å². The molecule has 0 unspecified atom stereocenters. The SMILES string of the molecule is Cc1cc2oc(=O)cc(CNC(=O)c3ccncc3)c2cc1C. The van der Waals surface area contributed by atoms with Crippen molar-refractivity contribution in [1.82, 2.24) is 10.3 Å². The second kappa shape index (κ2) is 6.04. The van der Waals surface area contributed by atoms with Crippen molar-refractivity contribution in [2.24, 2.45) is 0 Å². The van der Waals surface area contributed by atoms with E-state index in [9.17, 15) is 9.59 Å². The van der Waals surface area contributed by atoms with Crippen LogP contribution < -0.4 is 10.9 Å². The minimum absolute atomic E-state index is 0.211. The lowest BCUT2D eigenvalue weighted by Crippen LogP contribution is -2.23.